The first-order chi connectivity index (χ1) is 4.12. The number of hydrogen-bond acceptors (Lipinski definition) is 3. The molecule has 1 unspecified atom stereocenters. The quantitative estimate of drug-likeness (QED) is 0.510. The van der Waals surface area contributed by atoms with Crippen LogP contribution in [0.1, 0.15) is 0 Å². The summed E-state index contributed by atoms with van der Waals surface area (Å²) >= 11 is -4.99. The van der Waals surface area contributed by atoms with E-state index in [0.717, 1.165) is 0 Å². The second kappa shape index (κ2) is 3.84. The summed E-state index contributed by atoms with van der Waals surface area (Å²) in [7, 11) is 0. The Bertz CT molecular complexity index is 136. The van der Waals surface area contributed by atoms with Gasteiger partial charge in [0.15, 0.2) is 0 Å². The Morgan fingerprint density at radius 2 is 2.44 bits per heavy atom. The summed E-state index contributed by atoms with van der Waals surface area (Å²) in [5.74, 6) is 0. The van der Waals surface area contributed by atoms with Gasteiger partial charge in [-0.05, 0) is 0 Å². The number of halogens is 1. The molecule has 0 bridgehead atoms. The molecular formula is C3H6AsFO4. The maximum atomic E-state index is 10.9. The average molecular weight is 200 g/mol. The van der Waals surface area contributed by atoms with Crippen LogP contribution in [0.15, 0.2) is 12.7 Å². The Kier molecular flexibility index (Phi) is 3.81. The molecule has 0 aliphatic heterocycles. The van der Waals surface area contributed by atoms with Crippen molar-refractivity contribution in [3.05, 3.63) is 12.7 Å². The Hall–Kier alpha value is -0.0916. The Labute approximate surface area is 54.5 Å². The van der Waals surface area contributed by atoms with Gasteiger partial charge >= 0.3 is 53.8 Å². The van der Waals surface area contributed by atoms with E-state index in [-0.39, 0.29) is 6.61 Å². The third-order valence-electron chi connectivity index (χ3n) is 0.443. The predicted octanol–water partition coefficient (Wildman–Crippen LogP) is -0.0515. The van der Waals surface area contributed by atoms with Crippen LogP contribution < -0.4 is 0 Å². The van der Waals surface area contributed by atoms with Gasteiger partial charge in [-0.3, -0.25) is 0 Å². The fourth-order valence-electron chi connectivity index (χ4n) is 0.167. The Balaban J connectivity index is 3.58. The van der Waals surface area contributed by atoms with Gasteiger partial charge in [-0.1, -0.05) is 0 Å². The van der Waals surface area contributed by atoms with Crippen molar-refractivity contribution in [3.8, 4) is 0 Å². The molecule has 9 heavy (non-hydrogen) atoms. The van der Waals surface area contributed by atoms with Gasteiger partial charge < -0.3 is 0 Å². The van der Waals surface area contributed by atoms with Crippen molar-refractivity contribution in [2.75, 3.05) is 6.61 Å². The second-order valence-electron chi connectivity index (χ2n) is 1.12. The van der Waals surface area contributed by atoms with Crippen LogP contribution in [0.5, 0.6) is 0 Å². The van der Waals surface area contributed by atoms with E-state index in [1.165, 1.54) is 6.08 Å². The molecule has 0 aromatic carbocycles. The zero-order chi connectivity index (χ0) is 7.33. The molecule has 0 aromatic rings. The van der Waals surface area contributed by atoms with Gasteiger partial charge in [-0.2, -0.15) is 0 Å². The first-order valence-corrected chi connectivity index (χ1v) is 5.14. The van der Waals surface area contributed by atoms with Crippen LogP contribution in [0, 0.1) is 0 Å². The molecule has 0 fully saturated rings. The molecule has 0 aliphatic carbocycles. The van der Waals surface area contributed by atoms with Crippen molar-refractivity contribution in [2.24, 2.45) is 0 Å². The maximum absolute atomic E-state index is 10.9. The molecular weight excluding hydrogens is 194 g/mol. The summed E-state index contributed by atoms with van der Waals surface area (Å²) in [4.78, 5) is 0. The third-order valence-corrected chi connectivity index (χ3v) is 1.81. The molecule has 0 amide bonds. The third kappa shape index (κ3) is 4.41. The van der Waals surface area contributed by atoms with Crippen molar-refractivity contribution in [1.82, 2.24) is 0 Å². The molecule has 0 heterocycles. The summed E-state index contributed by atoms with van der Waals surface area (Å²) in [6.07, 6.45) is 1.21. The Morgan fingerprint density at radius 3 is 2.78 bits per heavy atom. The van der Waals surface area contributed by atoms with Crippen molar-refractivity contribution >= 4 is 14.5 Å². The van der Waals surface area contributed by atoms with Crippen LogP contribution in [0.3, 0.4) is 0 Å². The topological polar surface area (TPSA) is 55.8 Å². The van der Waals surface area contributed by atoms with Crippen molar-refractivity contribution in [1.29, 1.82) is 0 Å². The molecule has 0 radical (unpaired) electrons. The molecule has 0 rings (SSSR count). The van der Waals surface area contributed by atoms with Crippen molar-refractivity contribution in [3.63, 3.8) is 0 Å². The standard InChI is InChI=1S/C3H6AsFO4/c1-2-3-8-4(6,7)9-5/h2H,1,3H2,(H,6,7). The van der Waals surface area contributed by atoms with Crippen LogP contribution in [-0.2, 0) is 11.4 Å². The Morgan fingerprint density at radius 1 is 1.89 bits per heavy atom. The SMILES string of the molecule is C=CCO[As](=O)(O)OF. The second-order valence-corrected chi connectivity index (χ2v) is 3.92. The fourth-order valence-corrected chi connectivity index (χ4v) is 0.867. The molecule has 0 aliphatic rings. The summed E-state index contributed by atoms with van der Waals surface area (Å²) in [5.41, 5.74) is 0. The van der Waals surface area contributed by atoms with Crippen molar-refractivity contribution < 1.29 is 20.0 Å². The monoisotopic (exact) mass is 200 g/mol. The predicted molar refractivity (Wildman–Crippen MR) is 27.0 cm³/mol. The van der Waals surface area contributed by atoms with Gasteiger partial charge in [0, 0.05) is 0 Å². The number of hydrogen-bond donors (Lipinski definition) is 1. The first kappa shape index (κ1) is 8.91. The van der Waals surface area contributed by atoms with Gasteiger partial charge in [0.2, 0.25) is 0 Å². The van der Waals surface area contributed by atoms with Crippen LogP contribution >= 0.6 is 0 Å². The van der Waals surface area contributed by atoms with Crippen molar-refractivity contribution in [2.45, 2.75) is 0 Å². The fraction of sp³-hybridized carbons (Fsp3) is 0.333. The van der Waals surface area contributed by atoms with Gasteiger partial charge in [0.25, 0.3) is 0 Å². The van der Waals surface area contributed by atoms with Gasteiger partial charge in [-0.25, -0.2) is 0 Å². The zero-order valence-electron chi connectivity index (χ0n) is 4.49. The van der Waals surface area contributed by atoms with Crippen LogP contribution in [0.4, 0.5) is 4.53 Å². The molecule has 4 nitrogen and oxygen atoms in total. The van der Waals surface area contributed by atoms with Crippen LogP contribution in [0.2, 0.25) is 0 Å². The molecule has 1 atom stereocenters. The normalized spacial score (nSPS) is 16.7. The van der Waals surface area contributed by atoms with E-state index < -0.39 is 14.5 Å². The summed E-state index contributed by atoms with van der Waals surface area (Å²) in [6.45, 7) is 2.98. The molecule has 0 spiro atoms. The number of rotatable bonds is 4. The molecule has 1 N–H and O–H groups in total. The van der Waals surface area contributed by atoms with Crippen LogP contribution in [0.25, 0.3) is 0 Å². The molecule has 0 aromatic heterocycles. The van der Waals surface area contributed by atoms with E-state index in [1.807, 2.05) is 0 Å². The van der Waals surface area contributed by atoms with E-state index in [1.54, 1.807) is 0 Å². The van der Waals surface area contributed by atoms with Gasteiger partial charge in [0.05, 0.1) is 0 Å². The minimum atomic E-state index is -4.99. The molecule has 6 heteroatoms. The summed E-state index contributed by atoms with van der Waals surface area (Å²) < 4.78 is 35.9. The molecule has 0 saturated heterocycles. The molecule has 54 valence electrons. The van der Waals surface area contributed by atoms with Gasteiger partial charge in [0.1, 0.15) is 0 Å². The van der Waals surface area contributed by atoms with E-state index in [4.69, 9.17) is 4.10 Å². The average Bonchev–Trinajstić information content (AvgIpc) is 1.84. The summed E-state index contributed by atoms with van der Waals surface area (Å²) in [6, 6.07) is 0. The van der Waals surface area contributed by atoms with E-state index in [9.17, 15) is 8.27 Å². The summed E-state index contributed by atoms with van der Waals surface area (Å²) in [5, 5.41) is 0. The van der Waals surface area contributed by atoms with Crippen LogP contribution in [-0.4, -0.2) is 25.2 Å². The molecule has 0 saturated carbocycles. The van der Waals surface area contributed by atoms with E-state index in [0.29, 0.717) is 0 Å². The van der Waals surface area contributed by atoms with E-state index in [2.05, 4.69) is 14.2 Å². The zero-order valence-corrected chi connectivity index (χ0v) is 6.37. The first-order valence-electron chi connectivity index (χ1n) is 2.01. The van der Waals surface area contributed by atoms with Gasteiger partial charge in [-0.15, -0.1) is 0 Å². The minimum absolute atomic E-state index is 0.198. The van der Waals surface area contributed by atoms with E-state index >= 15 is 0 Å².